The lowest BCUT2D eigenvalue weighted by Gasteiger charge is -2.17. The Morgan fingerprint density at radius 2 is 2.38 bits per heavy atom. The molecular weight excluding hydrogens is 212 g/mol. The number of anilines is 1. The lowest BCUT2D eigenvalue weighted by atomic mass is 10.4. The van der Waals surface area contributed by atoms with Crippen molar-refractivity contribution in [3.8, 4) is 0 Å². The molecule has 1 amide bonds. The third kappa shape index (κ3) is 2.53. The van der Waals surface area contributed by atoms with Crippen LogP contribution in [0.25, 0.3) is 0 Å². The van der Waals surface area contributed by atoms with Crippen LogP contribution in [0.4, 0.5) is 5.82 Å². The SMILES string of the molecule is CCN(CC(N)=O)c1nsnc1Cl. The van der Waals surface area contributed by atoms with Gasteiger partial charge in [0.25, 0.3) is 0 Å². The summed E-state index contributed by atoms with van der Waals surface area (Å²) in [5.74, 6) is 0.110. The quantitative estimate of drug-likeness (QED) is 0.802. The number of hydrogen-bond acceptors (Lipinski definition) is 5. The van der Waals surface area contributed by atoms with Crippen molar-refractivity contribution >= 4 is 35.1 Å². The van der Waals surface area contributed by atoms with Gasteiger partial charge in [0.1, 0.15) is 0 Å². The fraction of sp³-hybridized carbons (Fsp3) is 0.500. The van der Waals surface area contributed by atoms with Crippen molar-refractivity contribution in [2.24, 2.45) is 5.73 Å². The Balaban J connectivity index is 2.78. The van der Waals surface area contributed by atoms with E-state index in [1.807, 2.05) is 6.92 Å². The molecule has 0 fully saturated rings. The van der Waals surface area contributed by atoms with Crippen molar-refractivity contribution in [2.75, 3.05) is 18.0 Å². The first-order chi connectivity index (χ1) is 6.15. The largest absolute Gasteiger partial charge is 0.368 e. The van der Waals surface area contributed by atoms with Gasteiger partial charge in [-0.25, -0.2) is 0 Å². The second-order valence-electron chi connectivity index (χ2n) is 2.36. The van der Waals surface area contributed by atoms with Crippen LogP contribution in [0.2, 0.25) is 5.15 Å². The molecule has 0 saturated heterocycles. The van der Waals surface area contributed by atoms with Crippen molar-refractivity contribution in [3.05, 3.63) is 5.15 Å². The molecule has 0 aromatic carbocycles. The highest BCUT2D eigenvalue weighted by Crippen LogP contribution is 2.21. The second kappa shape index (κ2) is 4.38. The molecule has 0 atom stereocenters. The number of hydrogen-bond donors (Lipinski definition) is 1. The molecule has 0 aliphatic carbocycles. The molecule has 1 heterocycles. The summed E-state index contributed by atoms with van der Waals surface area (Å²) in [6.07, 6.45) is 0. The summed E-state index contributed by atoms with van der Waals surface area (Å²) in [6.45, 7) is 2.62. The number of nitrogens with two attached hydrogens (primary N) is 1. The average Bonchev–Trinajstić information content (AvgIpc) is 2.47. The lowest BCUT2D eigenvalue weighted by molar-refractivity contribution is -0.116. The van der Waals surface area contributed by atoms with Crippen LogP contribution in [0.5, 0.6) is 0 Å². The fourth-order valence-electron chi connectivity index (χ4n) is 0.886. The van der Waals surface area contributed by atoms with Gasteiger partial charge in [-0.3, -0.25) is 4.79 Å². The minimum absolute atomic E-state index is 0.113. The highest BCUT2D eigenvalue weighted by molar-refractivity contribution is 6.99. The Morgan fingerprint density at radius 3 is 2.77 bits per heavy atom. The third-order valence-electron chi connectivity index (χ3n) is 1.46. The summed E-state index contributed by atoms with van der Waals surface area (Å²) in [4.78, 5) is 12.3. The molecule has 0 saturated carbocycles. The lowest BCUT2D eigenvalue weighted by Crippen LogP contribution is -2.33. The first kappa shape index (κ1) is 10.2. The maximum Gasteiger partial charge on any atom is 0.237 e. The molecule has 1 aromatic rings. The maximum atomic E-state index is 10.7. The predicted molar refractivity (Wildman–Crippen MR) is 52.0 cm³/mol. The van der Waals surface area contributed by atoms with Gasteiger partial charge in [-0.05, 0) is 6.92 Å². The molecule has 0 aliphatic heterocycles. The summed E-state index contributed by atoms with van der Waals surface area (Å²) < 4.78 is 7.75. The third-order valence-corrected chi connectivity index (χ3v) is 2.33. The molecule has 13 heavy (non-hydrogen) atoms. The van der Waals surface area contributed by atoms with Crippen molar-refractivity contribution in [2.45, 2.75) is 6.92 Å². The van der Waals surface area contributed by atoms with Gasteiger partial charge in [-0.2, -0.15) is 8.75 Å². The Bertz CT molecular complexity index is 303. The van der Waals surface area contributed by atoms with Crippen LogP contribution in [-0.2, 0) is 4.79 Å². The Labute approximate surface area is 84.8 Å². The summed E-state index contributed by atoms with van der Waals surface area (Å²) in [5.41, 5.74) is 5.06. The molecule has 2 N–H and O–H groups in total. The van der Waals surface area contributed by atoms with Crippen LogP contribution < -0.4 is 10.6 Å². The van der Waals surface area contributed by atoms with Gasteiger partial charge in [-0.1, -0.05) is 11.6 Å². The average molecular weight is 221 g/mol. The maximum absolute atomic E-state index is 10.7. The summed E-state index contributed by atoms with van der Waals surface area (Å²) in [6, 6.07) is 0. The van der Waals surface area contributed by atoms with Crippen molar-refractivity contribution < 1.29 is 4.79 Å². The number of primary amides is 1. The molecule has 0 spiro atoms. The van der Waals surface area contributed by atoms with Crippen LogP contribution in [0.15, 0.2) is 0 Å². The summed E-state index contributed by atoms with van der Waals surface area (Å²) in [5, 5.41) is 0.313. The number of halogens is 1. The number of amides is 1. The number of carbonyl (C=O) groups excluding carboxylic acids is 1. The molecule has 72 valence electrons. The Morgan fingerprint density at radius 1 is 1.69 bits per heavy atom. The number of carbonyl (C=O) groups is 1. The molecule has 0 radical (unpaired) electrons. The van der Waals surface area contributed by atoms with Gasteiger partial charge in [0.2, 0.25) is 5.91 Å². The van der Waals surface area contributed by atoms with E-state index in [9.17, 15) is 4.79 Å². The molecular formula is C6H9ClN4OS. The van der Waals surface area contributed by atoms with Gasteiger partial charge < -0.3 is 10.6 Å². The van der Waals surface area contributed by atoms with Crippen LogP contribution in [0.3, 0.4) is 0 Å². The molecule has 0 aliphatic rings. The predicted octanol–water partition coefficient (Wildman–Crippen LogP) is 0.503. The van der Waals surface area contributed by atoms with E-state index in [1.54, 1.807) is 4.90 Å². The zero-order valence-electron chi connectivity index (χ0n) is 7.03. The van der Waals surface area contributed by atoms with E-state index in [1.165, 1.54) is 0 Å². The van der Waals surface area contributed by atoms with Crippen molar-refractivity contribution in [1.29, 1.82) is 0 Å². The van der Waals surface area contributed by atoms with E-state index in [0.29, 0.717) is 17.5 Å². The molecule has 0 bridgehead atoms. The number of aromatic nitrogens is 2. The molecule has 1 aromatic heterocycles. The fourth-order valence-corrected chi connectivity index (χ4v) is 1.66. The minimum Gasteiger partial charge on any atom is -0.368 e. The van der Waals surface area contributed by atoms with Gasteiger partial charge in [0.05, 0.1) is 18.3 Å². The normalized spacial score (nSPS) is 10.0. The highest BCUT2D eigenvalue weighted by Gasteiger charge is 2.14. The van der Waals surface area contributed by atoms with Crippen molar-refractivity contribution in [3.63, 3.8) is 0 Å². The van der Waals surface area contributed by atoms with E-state index in [0.717, 1.165) is 11.7 Å². The Kier molecular flexibility index (Phi) is 3.44. The summed E-state index contributed by atoms with van der Waals surface area (Å²) >= 11 is 6.75. The van der Waals surface area contributed by atoms with Gasteiger partial charge >= 0.3 is 0 Å². The van der Waals surface area contributed by atoms with E-state index in [2.05, 4.69) is 8.75 Å². The van der Waals surface area contributed by atoms with Gasteiger partial charge in [0.15, 0.2) is 11.0 Å². The smallest absolute Gasteiger partial charge is 0.237 e. The van der Waals surface area contributed by atoms with Crippen molar-refractivity contribution in [1.82, 2.24) is 8.75 Å². The van der Waals surface area contributed by atoms with Crippen LogP contribution >= 0.6 is 23.3 Å². The second-order valence-corrected chi connectivity index (χ2v) is 3.25. The Hall–Kier alpha value is -0.880. The monoisotopic (exact) mass is 220 g/mol. The molecule has 5 nitrogen and oxygen atoms in total. The van der Waals surface area contributed by atoms with E-state index in [4.69, 9.17) is 17.3 Å². The number of likely N-dealkylation sites (N-methyl/N-ethyl adjacent to an activating group) is 1. The standard InChI is InChI=1S/C6H9ClN4OS/c1-2-11(3-4(8)12)6-5(7)9-13-10-6/h2-3H2,1H3,(H2,8,12). The topological polar surface area (TPSA) is 72.1 Å². The number of nitrogens with zero attached hydrogens (tertiary/aromatic N) is 3. The van der Waals surface area contributed by atoms with Gasteiger partial charge in [0, 0.05) is 6.54 Å². The van der Waals surface area contributed by atoms with E-state index in [-0.39, 0.29) is 6.54 Å². The highest BCUT2D eigenvalue weighted by atomic mass is 35.5. The molecule has 1 rings (SSSR count). The zero-order chi connectivity index (χ0) is 9.84. The van der Waals surface area contributed by atoms with Crippen LogP contribution in [-0.4, -0.2) is 27.7 Å². The first-order valence-electron chi connectivity index (χ1n) is 3.66. The zero-order valence-corrected chi connectivity index (χ0v) is 8.60. The van der Waals surface area contributed by atoms with E-state index < -0.39 is 5.91 Å². The number of rotatable bonds is 4. The minimum atomic E-state index is -0.411. The molecule has 7 heteroatoms. The van der Waals surface area contributed by atoms with Crippen LogP contribution in [0, 0.1) is 0 Å². The summed E-state index contributed by atoms with van der Waals surface area (Å²) in [7, 11) is 0. The van der Waals surface area contributed by atoms with Gasteiger partial charge in [-0.15, -0.1) is 0 Å². The molecule has 0 unspecified atom stereocenters. The first-order valence-corrected chi connectivity index (χ1v) is 4.77. The van der Waals surface area contributed by atoms with Crippen LogP contribution in [0.1, 0.15) is 6.92 Å². The van der Waals surface area contributed by atoms with E-state index >= 15 is 0 Å².